The molecule has 0 amide bonds. The van der Waals surface area contributed by atoms with Crippen molar-refractivity contribution >= 4 is 27.7 Å². The number of aromatic amines is 1. The SMILES string of the molecule is Brc1cc2c([nH]1)CCSCC2. The summed E-state index contributed by atoms with van der Waals surface area (Å²) in [6.45, 7) is 0. The van der Waals surface area contributed by atoms with Gasteiger partial charge in [-0.2, -0.15) is 11.8 Å². The fraction of sp³-hybridized carbons (Fsp3) is 0.500. The molecule has 0 bridgehead atoms. The third-order valence-electron chi connectivity index (χ3n) is 1.97. The van der Waals surface area contributed by atoms with Gasteiger partial charge in [0.2, 0.25) is 0 Å². The first kappa shape index (κ1) is 7.74. The normalized spacial score (nSPS) is 17.5. The van der Waals surface area contributed by atoms with Crippen LogP contribution in [0, 0.1) is 0 Å². The predicted molar refractivity (Wildman–Crippen MR) is 53.2 cm³/mol. The maximum absolute atomic E-state index is 3.46. The van der Waals surface area contributed by atoms with Gasteiger partial charge in [-0.05, 0) is 51.9 Å². The molecule has 1 aromatic rings. The minimum absolute atomic E-state index is 1.13. The van der Waals surface area contributed by atoms with E-state index in [4.69, 9.17) is 0 Å². The van der Waals surface area contributed by atoms with Crippen LogP contribution in [0.1, 0.15) is 11.3 Å². The number of rotatable bonds is 0. The zero-order valence-electron chi connectivity index (χ0n) is 6.19. The number of thioether (sulfide) groups is 1. The van der Waals surface area contributed by atoms with E-state index in [9.17, 15) is 0 Å². The summed E-state index contributed by atoms with van der Waals surface area (Å²) in [5, 5.41) is 0. The van der Waals surface area contributed by atoms with Crippen LogP contribution in [0.2, 0.25) is 0 Å². The summed E-state index contributed by atoms with van der Waals surface area (Å²) in [5.41, 5.74) is 2.93. The maximum atomic E-state index is 3.46. The molecule has 0 fully saturated rings. The van der Waals surface area contributed by atoms with Crippen LogP contribution in [0.3, 0.4) is 0 Å². The van der Waals surface area contributed by atoms with Gasteiger partial charge in [0.15, 0.2) is 0 Å². The van der Waals surface area contributed by atoms with Crippen LogP contribution in [-0.2, 0) is 12.8 Å². The van der Waals surface area contributed by atoms with Crippen molar-refractivity contribution in [1.29, 1.82) is 0 Å². The standard InChI is InChI=1S/C8H10BrNS/c9-8-5-6-1-3-11-4-2-7(6)10-8/h5,10H,1-4H2. The first-order chi connectivity index (χ1) is 5.36. The van der Waals surface area contributed by atoms with E-state index in [1.54, 1.807) is 0 Å². The van der Waals surface area contributed by atoms with Crippen molar-refractivity contribution in [2.24, 2.45) is 0 Å². The van der Waals surface area contributed by atoms with Crippen molar-refractivity contribution < 1.29 is 0 Å². The van der Waals surface area contributed by atoms with Crippen molar-refractivity contribution in [1.82, 2.24) is 4.98 Å². The fourth-order valence-corrected chi connectivity index (χ4v) is 2.84. The fourth-order valence-electron chi connectivity index (χ4n) is 1.41. The van der Waals surface area contributed by atoms with Crippen LogP contribution in [0.15, 0.2) is 10.7 Å². The molecule has 0 radical (unpaired) electrons. The molecule has 3 heteroatoms. The smallest absolute Gasteiger partial charge is 0.0825 e. The average Bonchev–Trinajstić information content (AvgIpc) is 2.17. The molecule has 0 saturated heterocycles. The lowest BCUT2D eigenvalue weighted by Gasteiger charge is -1.93. The second-order valence-corrected chi connectivity index (χ2v) is 4.81. The molecule has 1 aliphatic rings. The summed E-state index contributed by atoms with van der Waals surface area (Å²) in [6.07, 6.45) is 2.42. The molecule has 1 aromatic heterocycles. The molecule has 0 spiro atoms. The molecule has 60 valence electrons. The molecule has 1 nitrogen and oxygen atoms in total. The summed E-state index contributed by atoms with van der Waals surface area (Å²) in [5.74, 6) is 2.54. The zero-order chi connectivity index (χ0) is 7.68. The minimum atomic E-state index is 1.13. The van der Waals surface area contributed by atoms with Crippen molar-refractivity contribution in [2.45, 2.75) is 12.8 Å². The van der Waals surface area contributed by atoms with Crippen LogP contribution in [0.25, 0.3) is 0 Å². The van der Waals surface area contributed by atoms with E-state index in [1.807, 2.05) is 11.8 Å². The first-order valence-corrected chi connectivity index (χ1v) is 5.75. The third kappa shape index (κ3) is 1.64. The van der Waals surface area contributed by atoms with Gasteiger partial charge in [-0.25, -0.2) is 0 Å². The second-order valence-electron chi connectivity index (χ2n) is 2.73. The Morgan fingerprint density at radius 3 is 3.09 bits per heavy atom. The van der Waals surface area contributed by atoms with E-state index < -0.39 is 0 Å². The maximum Gasteiger partial charge on any atom is 0.0825 e. The van der Waals surface area contributed by atoms with Crippen molar-refractivity contribution in [3.8, 4) is 0 Å². The predicted octanol–water partition coefficient (Wildman–Crippen LogP) is 2.61. The molecule has 2 heterocycles. The Balaban J connectivity index is 2.32. The van der Waals surface area contributed by atoms with Gasteiger partial charge in [0.25, 0.3) is 0 Å². The highest BCUT2D eigenvalue weighted by molar-refractivity contribution is 9.10. The van der Waals surface area contributed by atoms with Crippen LogP contribution < -0.4 is 0 Å². The van der Waals surface area contributed by atoms with Crippen LogP contribution in [-0.4, -0.2) is 16.5 Å². The number of H-pyrrole nitrogens is 1. The van der Waals surface area contributed by atoms with Gasteiger partial charge in [-0.3, -0.25) is 0 Å². The highest BCUT2D eigenvalue weighted by atomic mass is 79.9. The van der Waals surface area contributed by atoms with Crippen molar-refractivity contribution in [2.75, 3.05) is 11.5 Å². The molecular formula is C8H10BrNS. The monoisotopic (exact) mass is 231 g/mol. The van der Waals surface area contributed by atoms with E-state index in [2.05, 4.69) is 27.0 Å². The van der Waals surface area contributed by atoms with Gasteiger partial charge in [0.1, 0.15) is 0 Å². The highest BCUT2D eigenvalue weighted by Gasteiger charge is 2.09. The number of hydrogen-bond donors (Lipinski definition) is 1. The van der Waals surface area contributed by atoms with E-state index in [0.29, 0.717) is 0 Å². The van der Waals surface area contributed by atoms with Gasteiger partial charge in [-0.15, -0.1) is 0 Å². The molecule has 1 N–H and O–H groups in total. The second kappa shape index (κ2) is 3.23. The van der Waals surface area contributed by atoms with Gasteiger partial charge in [0, 0.05) is 5.69 Å². The number of halogens is 1. The Kier molecular flexibility index (Phi) is 2.28. The molecule has 0 aliphatic carbocycles. The Labute approximate surface area is 79.1 Å². The summed E-state index contributed by atoms with van der Waals surface area (Å²) < 4.78 is 1.13. The largest absolute Gasteiger partial charge is 0.353 e. The molecule has 0 saturated carbocycles. The average molecular weight is 232 g/mol. The van der Waals surface area contributed by atoms with Crippen LogP contribution in [0.5, 0.6) is 0 Å². The summed E-state index contributed by atoms with van der Waals surface area (Å²) in [7, 11) is 0. The van der Waals surface area contributed by atoms with Crippen molar-refractivity contribution in [3.05, 3.63) is 21.9 Å². The topological polar surface area (TPSA) is 15.8 Å². The number of hydrogen-bond acceptors (Lipinski definition) is 1. The van der Waals surface area contributed by atoms with E-state index >= 15 is 0 Å². The molecule has 1 aliphatic heterocycles. The van der Waals surface area contributed by atoms with Gasteiger partial charge >= 0.3 is 0 Å². The van der Waals surface area contributed by atoms with Gasteiger partial charge in [-0.1, -0.05) is 0 Å². The Bertz CT molecular complexity index is 233. The quantitative estimate of drug-likeness (QED) is 0.727. The summed E-state index contributed by atoms with van der Waals surface area (Å²) in [6, 6.07) is 2.21. The molecule has 11 heavy (non-hydrogen) atoms. The summed E-state index contributed by atoms with van der Waals surface area (Å²) in [4.78, 5) is 3.34. The lowest BCUT2D eigenvalue weighted by atomic mass is 10.2. The number of nitrogens with one attached hydrogen (secondary N) is 1. The number of aromatic nitrogens is 1. The molecule has 2 rings (SSSR count). The van der Waals surface area contributed by atoms with E-state index in [0.717, 1.165) is 4.60 Å². The molecular weight excluding hydrogens is 222 g/mol. The Morgan fingerprint density at radius 1 is 1.36 bits per heavy atom. The minimum Gasteiger partial charge on any atom is -0.353 e. The van der Waals surface area contributed by atoms with Crippen LogP contribution in [0.4, 0.5) is 0 Å². The van der Waals surface area contributed by atoms with Crippen molar-refractivity contribution in [3.63, 3.8) is 0 Å². The Hall–Kier alpha value is 0.110. The van der Waals surface area contributed by atoms with Crippen LogP contribution >= 0.6 is 27.7 Å². The van der Waals surface area contributed by atoms with E-state index in [1.165, 1.54) is 35.6 Å². The lowest BCUT2D eigenvalue weighted by Crippen LogP contribution is -1.88. The molecule has 0 unspecified atom stereocenters. The zero-order valence-corrected chi connectivity index (χ0v) is 8.59. The Morgan fingerprint density at radius 2 is 2.18 bits per heavy atom. The highest BCUT2D eigenvalue weighted by Crippen LogP contribution is 2.22. The van der Waals surface area contributed by atoms with Gasteiger partial charge in [0.05, 0.1) is 4.60 Å². The van der Waals surface area contributed by atoms with Gasteiger partial charge < -0.3 is 4.98 Å². The first-order valence-electron chi connectivity index (χ1n) is 3.80. The number of fused-ring (bicyclic) bond motifs is 1. The third-order valence-corrected chi connectivity index (χ3v) is 3.38. The molecule has 0 atom stereocenters. The van der Waals surface area contributed by atoms with E-state index in [-0.39, 0.29) is 0 Å². The molecule has 0 aromatic carbocycles. The lowest BCUT2D eigenvalue weighted by molar-refractivity contribution is 1.03. The number of aryl methyl sites for hydroxylation is 2. The summed E-state index contributed by atoms with van der Waals surface area (Å²) >= 11 is 5.50.